The van der Waals surface area contributed by atoms with Crippen LogP contribution in [-0.4, -0.2) is 21.6 Å². The first-order valence-electron chi connectivity index (χ1n) is 15.4. The Morgan fingerprint density at radius 1 is 0.766 bits per heavy atom. The van der Waals surface area contributed by atoms with E-state index in [1.54, 1.807) is 6.20 Å². The van der Waals surface area contributed by atoms with E-state index in [2.05, 4.69) is 131 Å². The molecule has 7 heteroatoms. The van der Waals surface area contributed by atoms with E-state index in [0.717, 1.165) is 55.8 Å². The number of ether oxygens (including phenoxy) is 1. The van der Waals surface area contributed by atoms with E-state index in [1.165, 1.54) is 5.56 Å². The summed E-state index contributed by atoms with van der Waals surface area (Å²) >= 11 is 0. The minimum atomic E-state index is -0.0295. The van der Waals surface area contributed by atoms with Crippen molar-refractivity contribution in [1.29, 1.82) is 0 Å². The second-order valence-electron chi connectivity index (χ2n) is 12.6. The van der Waals surface area contributed by atoms with Crippen LogP contribution >= 0.6 is 0 Å². The van der Waals surface area contributed by atoms with Crippen LogP contribution in [0.25, 0.3) is 38.8 Å². The van der Waals surface area contributed by atoms with Gasteiger partial charge in [0.2, 0.25) is 0 Å². The topological polar surface area (TPSA) is 46.4 Å². The van der Waals surface area contributed by atoms with E-state index in [4.69, 9.17) is 9.72 Å². The van der Waals surface area contributed by atoms with Crippen LogP contribution in [0.5, 0.6) is 11.6 Å². The van der Waals surface area contributed by atoms with Gasteiger partial charge in [-0.1, -0.05) is 92.3 Å². The summed E-state index contributed by atoms with van der Waals surface area (Å²) in [4.78, 5) is 13.6. The fraction of sp³-hybridized carbons (Fsp3) is 0.125. The van der Waals surface area contributed by atoms with Gasteiger partial charge in [0.15, 0.2) is 0 Å². The second-order valence-corrected chi connectivity index (χ2v) is 12.6. The minimum absolute atomic E-state index is 0. The first-order chi connectivity index (χ1) is 22.3. The Morgan fingerprint density at radius 3 is 2.30 bits per heavy atom. The number of benzene rings is 4. The Bertz CT molecular complexity index is 2240. The Kier molecular flexibility index (Phi) is 7.85. The van der Waals surface area contributed by atoms with Gasteiger partial charge in [-0.25, -0.2) is 4.98 Å². The summed E-state index contributed by atoms with van der Waals surface area (Å²) in [7, 11) is 2.04. The first-order valence-corrected chi connectivity index (χ1v) is 15.4. The summed E-state index contributed by atoms with van der Waals surface area (Å²) in [5, 5.41) is 2.22. The number of fused-ring (bicyclic) bond motifs is 4. The van der Waals surface area contributed by atoms with Crippen LogP contribution in [0.2, 0.25) is 0 Å². The maximum absolute atomic E-state index is 6.52. The van der Waals surface area contributed by atoms with Crippen molar-refractivity contribution in [3.8, 4) is 28.6 Å². The Hall–Kier alpha value is -4.93. The normalized spacial score (nSPS) is 12.8. The number of nitrogens with zero attached hydrogens (tertiary/aromatic N) is 5. The number of hydrogen-bond acceptors (Lipinski definition) is 5. The van der Waals surface area contributed by atoms with Gasteiger partial charge in [-0.2, -0.15) is 24.5 Å². The molecule has 1 aliphatic rings. The molecule has 0 atom stereocenters. The molecule has 0 spiro atoms. The zero-order valence-electron chi connectivity index (χ0n) is 26.5. The molecular weight excluding hydrogens is 762 g/mol. The molecule has 0 aliphatic carbocycles. The number of para-hydroxylation sites is 3. The smallest absolute Gasteiger partial charge is 0.135 e. The van der Waals surface area contributed by atoms with Crippen molar-refractivity contribution in [2.75, 3.05) is 16.8 Å². The van der Waals surface area contributed by atoms with Gasteiger partial charge in [0.05, 0.1) is 0 Å². The van der Waals surface area contributed by atoms with Crippen LogP contribution in [0, 0.1) is 18.8 Å². The molecule has 0 radical (unpaired) electrons. The number of rotatable bonds is 5. The van der Waals surface area contributed by atoms with E-state index < -0.39 is 0 Å². The van der Waals surface area contributed by atoms with Crippen LogP contribution in [-0.2, 0) is 26.5 Å². The summed E-state index contributed by atoms with van der Waals surface area (Å²) in [6.07, 6.45) is 3.65. The number of pyridine rings is 2. The third kappa shape index (κ3) is 5.47. The predicted molar refractivity (Wildman–Crippen MR) is 186 cm³/mol. The van der Waals surface area contributed by atoms with Gasteiger partial charge in [0.1, 0.15) is 11.7 Å². The van der Waals surface area contributed by atoms with E-state index in [-0.39, 0.29) is 26.5 Å². The molecule has 4 aromatic carbocycles. The van der Waals surface area contributed by atoms with Gasteiger partial charge in [-0.05, 0) is 65.5 Å². The van der Waals surface area contributed by atoms with Gasteiger partial charge < -0.3 is 19.1 Å². The van der Waals surface area contributed by atoms with Gasteiger partial charge in [-0.15, -0.1) is 17.7 Å². The zero-order chi connectivity index (χ0) is 31.4. The van der Waals surface area contributed by atoms with E-state index >= 15 is 0 Å². The van der Waals surface area contributed by atoms with Crippen LogP contribution in [0.3, 0.4) is 0 Å². The fourth-order valence-corrected chi connectivity index (χ4v) is 6.24. The SMILES string of the molecule is CN1[CH-]N(c2[c-]c(Oc3[c-]c4c(c(-c5ccccc5)c3)c3ccccc3n4-c3cc(C(C)(C)C)ccn3)ncc2)c2ccccc21.[Pt]. The quantitative estimate of drug-likeness (QED) is 0.163. The van der Waals surface area contributed by atoms with Crippen molar-refractivity contribution >= 4 is 38.9 Å². The predicted octanol–water partition coefficient (Wildman–Crippen LogP) is 9.64. The van der Waals surface area contributed by atoms with Crippen LogP contribution in [0.15, 0.2) is 116 Å². The molecule has 0 saturated heterocycles. The summed E-state index contributed by atoms with van der Waals surface area (Å²) < 4.78 is 8.71. The Labute approximate surface area is 289 Å². The third-order valence-corrected chi connectivity index (χ3v) is 8.52. The van der Waals surface area contributed by atoms with Crippen molar-refractivity contribution in [1.82, 2.24) is 14.5 Å². The summed E-state index contributed by atoms with van der Waals surface area (Å²) in [6.45, 7) is 8.70. The molecule has 4 heterocycles. The molecule has 8 rings (SSSR count). The summed E-state index contributed by atoms with van der Waals surface area (Å²) in [5.74, 6) is 1.75. The Morgan fingerprint density at radius 2 is 1.49 bits per heavy atom. The average molecular weight is 794 g/mol. The molecule has 3 aromatic heterocycles. The van der Waals surface area contributed by atoms with Gasteiger partial charge in [0, 0.05) is 49.9 Å². The molecule has 236 valence electrons. The molecule has 0 amide bonds. The van der Waals surface area contributed by atoms with Gasteiger partial charge >= 0.3 is 0 Å². The van der Waals surface area contributed by atoms with Crippen LogP contribution < -0.4 is 14.5 Å². The van der Waals surface area contributed by atoms with Gasteiger partial charge in [-0.3, -0.25) is 4.98 Å². The first kappa shape index (κ1) is 30.7. The minimum Gasteiger partial charge on any atom is -0.504 e. The van der Waals surface area contributed by atoms with Crippen molar-refractivity contribution in [2.24, 2.45) is 0 Å². The molecule has 0 fully saturated rings. The molecule has 0 N–H and O–H groups in total. The summed E-state index contributed by atoms with van der Waals surface area (Å²) in [5.41, 5.74) is 8.29. The van der Waals surface area contributed by atoms with E-state index in [0.29, 0.717) is 11.6 Å². The number of anilines is 3. The van der Waals surface area contributed by atoms with Crippen molar-refractivity contribution < 1.29 is 25.8 Å². The molecule has 6 nitrogen and oxygen atoms in total. The van der Waals surface area contributed by atoms with Crippen molar-refractivity contribution in [3.63, 3.8) is 0 Å². The van der Waals surface area contributed by atoms with Crippen LogP contribution in [0.1, 0.15) is 26.3 Å². The molecule has 47 heavy (non-hydrogen) atoms. The monoisotopic (exact) mass is 793 g/mol. The number of hydrogen-bond donors (Lipinski definition) is 0. The van der Waals surface area contributed by atoms with Crippen molar-refractivity contribution in [3.05, 3.63) is 140 Å². The maximum Gasteiger partial charge on any atom is 0.135 e. The van der Waals surface area contributed by atoms with E-state index in [1.807, 2.05) is 44.2 Å². The second kappa shape index (κ2) is 12.0. The van der Waals surface area contributed by atoms with Gasteiger partial charge in [0.25, 0.3) is 0 Å². The van der Waals surface area contributed by atoms with Crippen molar-refractivity contribution in [2.45, 2.75) is 26.2 Å². The number of aromatic nitrogens is 3. The Balaban J connectivity index is 0.00000351. The molecular formula is C40H32N5OPt-3. The maximum atomic E-state index is 6.52. The fourth-order valence-electron chi connectivity index (χ4n) is 6.24. The third-order valence-electron chi connectivity index (χ3n) is 8.52. The summed E-state index contributed by atoms with van der Waals surface area (Å²) in [6, 6.07) is 42.4. The largest absolute Gasteiger partial charge is 0.504 e. The molecule has 0 bridgehead atoms. The standard InChI is InChI=1S/C40H32N5O.Pt/c1-40(2,3)28-18-20-41-37(22-28)45-33-15-9-8-14-31(33)39-32(27-12-6-5-7-13-27)24-30(25-36(39)45)46-38-23-29(19-21-42-38)44-26-43(4)34-16-10-11-17-35(34)44;/h5-22,24,26H,1-4H3;/q-3;. The molecule has 7 aromatic rings. The van der Waals surface area contributed by atoms with Crippen LogP contribution in [0.4, 0.5) is 17.1 Å². The zero-order valence-corrected chi connectivity index (χ0v) is 28.8. The average Bonchev–Trinajstić information content (AvgIpc) is 3.59. The molecule has 1 aliphatic heterocycles. The molecule has 0 saturated carbocycles. The molecule has 0 unspecified atom stereocenters. The van der Waals surface area contributed by atoms with E-state index in [9.17, 15) is 0 Å².